The molecule has 0 aromatic carbocycles. The van der Waals surface area contributed by atoms with Crippen molar-refractivity contribution in [1.29, 1.82) is 0 Å². The van der Waals surface area contributed by atoms with E-state index in [9.17, 15) is 4.79 Å². The Bertz CT molecular complexity index is 698. The highest BCUT2D eigenvalue weighted by molar-refractivity contribution is 5.88. The van der Waals surface area contributed by atoms with Crippen molar-refractivity contribution >= 4 is 5.97 Å². The molecule has 2 fully saturated rings. The zero-order chi connectivity index (χ0) is 15.8. The van der Waals surface area contributed by atoms with E-state index in [2.05, 4.69) is 19.9 Å². The van der Waals surface area contributed by atoms with Crippen LogP contribution in [0.15, 0.2) is 34.6 Å². The second kappa shape index (κ2) is 4.38. The summed E-state index contributed by atoms with van der Waals surface area (Å²) in [6.07, 6.45) is 11.0. The summed E-state index contributed by atoms with van der Waals surface area (Å²) in [7, 11) is 0. The Kier molecular flexibility index (Phi) is 2.67. The van der Waals surface area contributed by atoms with Gasteiger partial charge in [0.25, 0.3) is 0 Å². The molecule has 4 unspecified atom stereocenters. The quantitative estimate of drug-likeness (QED) is 0.633. The molecule has 3 aliphatic carbocycles. The van der Waals surface area contributed by atoms with Gasteiger partial charge < -0.3 is 9.47 Å². The van der Waals surface area contributed by atoms with Crippen molar-refractivity contribution in [3.63, 3.8) is 0 Å². The van der Waals surface area contributed by atoms with Gasteiger partial charge in [0, 0.05) is 17.6 Å². The molecule has 0 aromatic rings. The minimum absolute atomic E-state index is 0.211. The Morgan fingerprint density at radius 3 is 2.91 bits per heavy atom. The van der Waals surface area contributed by atoms with Crippen LogP contribution in [-0.2, 0) is 14.3 Å². The van der Waals surface area contributed by atoms with Gasteiger partial charge in [-0.25, -0.2) is 4.79 Å². The van der Waals surface area contributed by atoms with Crippen LogP contribution in [0.1, 0.15) is 52.4 Å². The standard InChI is InChI=1S/C20H24O3/c1-19-6-3-7-20(2)14-5-4-12-10-17(21)23-15(12)8-13(14)9-16(18(19)20)22-11-19/h8,10,16,18H,3-7,9,11H2,1-2H3. The highest BCUT2D eigenvalue weighted by Crippen LogP contribution is 2.64. The van der Waals surface area contributed by atoms with E-state index in [1.165, 1.54) is 24.8 Å². The number of allylic oxidation sites excluding steroid dienone is 3. The molecule has 1 saturated heterocycles. The van der Waals surface area contributed by atoms with Crippen LogP contribution in [0.2, 0.25) is 0 Å². The Morgan fingerprint density at radius 2 is 2.04 bits per heavy atom. The molecule has 2 heterocycles. The fraction of sp³-hybridized carbons (Fsp3) is 0.650. The fourth-order valence-electron chi connectivity index (χ4n) is 6.32. The third-order valence-electron chi connectivity index (χ3n) is 7.15. The number of carbonyl (C=O) groups is 1. The van der Waals surface area contributed by atoms with Crippen LogP contribution < -0.4 is 0 Å². The van der Waals surface area contributed by atoms with Crippen LogP contribution >= 0.6 is 0 Å². The molecular weight excluding hydrogens is 288 g/mol. The van der Waals surface area contributed by atoms with Crippen molar-refractivity contribution in [3.05, 3.63) is 34.6 Å². The zero-order valence-electron chi connectivity index (χ0n) is 14.0. The van der Waals surface area contributed by atoms with Crippen LogP contribution in [0.4, 0.5) is 0 Å². The topological polar surface area (TPSA) is 35.5 Å². The first kappa shape index (κ1) is 14.0. The summed E-state index contributed by atoms with van der Waals surface area (Å²) < 4.78 is 11.7. The molecule has 0 amide bonds. The lowest BCUT2D eigenvalue weighted by atomic mass is 9.50. The first-order chi connectivity index (χ1) is 11.0. The molecule has 5 aliphatic rings. The van der Waals surface area contributed by atoms with Gasteiger partial charge in [-0.3, -0.25) is 0 Å². The molecular formula is C20H24O3. The molecule has 1 saturated carbocycles. The van der Waals surface area contributed by atoms with Gasteiger partial charge in [0.15, 0.2) is 0 Å². The molecule has 5 rings (SSSR count). The van der Waals surface area contributed by atoms with E-state index >= 15 is 0 Å². The highest BCUT2D eigenvalue weighted by atomic mass is 16.5. The van der Waals surface area contributed by atoms with Crippen molar-refractivity contribution in [2.45, 2.75) is 58.5 Å². The van der Waals surface area contributed by atoms with Crippen LogP contribution in [0, 0.1) is 16.7 Å². The summed E-state index contributed by atoms with van der Waals surface area (Å²) in [6.45, 7) is 5.83. The Labute approximate surface area is 137 Å². The van der Waals surface area contributed by atoms with Gasteiger partial charge in [-0.15, -0.1) is 0 Å². The Hall–Kier alpha value is -1.35. The van der Waals surface area contributed by atoms with Gasteiger partial charge >= 0.3 is 5.97 Å². The second-order valence-electron chi connectivity index (χ2n) is 8.56. The van der Waals surface area contributed by atoms with Crippen molar-refractivity contribution < 1.29 is 14.3 Å². The summed E-state index contributed by atoms with van der Waals surface area (Å²) in [4.78, 5) is 11.6. The minimum atomic E-state index is -0.211. The number of hydrogen-bond donors (Lipinski definition) is 0. The van der Waals surface area contributed by atoms with E-state index in [4.69, 9.17) is 9.47 Å². The summed E-state index contributed by atoms with van der Waals surface area (Å²) in [6, 6.07) is 0. The maximum Gasteiger partial charge on any atom is 0.336 e. The van der Waals surface area contributed by atoms with Crippen LogP contribution in [0.3, 0.4) is 0 Å². The molecule has 3 heteroatoms. The third kappa shape index (κ3) is 1.77. The molecule has 0 radical (unpaired) electrons. The number of esters is 1. The van der Waals surface area contributed by atoms with Crippen molar-refractivity contribution in [1.82, 2.24) is 0 Å². The average molecular weight is 312 g/mol. The van der Waals surface area contributed by atoms with Gasteiger partial charge in [0.1, 0.15) is 5.76 Å². The lowest BCUT2D eigenvalue weighted by Crippen LogP contribution is -2.49. The normalized spacial score (nSPS) is 44.7. The number of hydrogen-bond acceptors (Lipinski definition) is 3. The number of fused-ring (bicyclic) bond motifs is 2. The Morgan fingerprint density at radius 1 is 1.17 bits per heavy atom. The molecule has 4 atom stereocenters. The van der Waals surface area contributed by atoms with E-state index in [0.29, 0.717) is 17.4 Å². The van der Waals surface area contributed by atoms with Crippen LogP contribution in [0.5, 0.6) is 0 Å². The molecule has 0 spiro atoms. The summed E-state index contributed by atoms with van der Waals surface area (Å²) in [5, 5.41) is 0. The number of ether oxygens (including phenoxy) is 2. The minimum Gasteiger partial charge on any atom is -0.423 e. The molecule has 23 heavy (non-hydrogen) atoms. The highest BCUT2D eigenvalue weighted by Gasteiger charge is 2.60. The van der Waals surface area contributed by atoms with Crippen LogP contribution in [0.25, 0.3) is 0 Å². The lowest BCUT2D eigenvalue weighted by Gasteiger charge is -2.53. The molecule has 3 nitrogen and oxygen atoms in total. The number of carbonyl (C=O) groups excluding carboxylic acids is 1. The largest absolute Gasteiger partial charge is 0.423 e. The van der Waals surface area contributed by atoms with Gasteiger partial charge in [0.2, 0.25) is 0 Å². The van der Waals surface area contributed by atoms with Crippen LogP contribution in [-0.4, -0.2) is 18.7 Å². The number of rotatable bonds is 0. The van der Waals surface area contributed by atoms with Gasteiger partial charge in [-0.1, -0.05) is 25.8 Å². The summed E-state index contributed by atoms with van der Waals surface area (Å²) >= 11 is 0. The second-order valence-corrected chi connectivity index (χ2v) is 8.56. The molecule has 0 N–H and O–H groups in total. The van der Waals surface area contributed by atoms with Gasteiger partial charge in [0.05, 0.1) is 12.7 Å². The molecule has 2 aliphatic heterocycles. The maximum atomic E-state index is 11.6. The third-order valence-corrected chi connectivity index (χ3v) is 7.15. The predicted octanol–water partition coefficient (Wildman–Crippen LogP) is 4.06. The SMILES string of the molecule is CC12CCCC3(C)C4=C(C=C5OC(=O)C=C5CC4)CC(OC1)C23. The van der Waals surface area contributed by atoms with E-state index in [0.717, 1.165) is 37.2 Å². The lowest BCUT2D eigenvalue weighted by molar-refractivity contribution is -0.132. The fourth-order valence-corrected chi connectivity index (χ4v) is 6.32. The molecule has 0 aromatic heterocycles. The maximum absolute atomic E-state index is 11.6. The van der Waals surface area contributed by atoms with E-state index in [1.54, 1.807) is 11.6 Å². The van der Waals surface area contributed by atoms with E-state index in [-0.39, 0.29) is 11.4 Å². The summed E-state index contributed by atoms with van der Waals surface area (Å²) in [5.41, 5.74) is 4.68. The molecule has 122 valence electrons. The predicted molar refractivity (Wildman–Crippen MR) is 86.4 cm³/mol. The smallest absolute Gasteiger partial charge is 0.336 e. The Balaban J connectivity index is 1.63. The van der Waals surface area contributed by atoms with E-state index < -0.39 is 0 Å². The van der Waals surface area contributed by atoms with Gasteiger partial charge in [-0.05, 0) is 54.6 Å². The first-order valence-corrected chi connectivity index (χ1v) is 8.98. The van der Waals surface area contributed by atoms with Crippen molar-refractivity contribution in [2.75, 3.05) is 6.61 Å². The summed E-state index contributed by atoms with van der Waals surface area (Å²) in [5.74, 6) is 1.23. The first-order valence-electron chi connectivity index (χ1n) is 8.98. The van der Waals surface area contributed by atoms with Gasteiger partial charge in [-0.2, -0.15) is 0 Å². The van der Waals surface area contributed by atoms with Crippen molar-refractivity contribution in [3.8, 4) is 0 Å². The monoisotopic (exact) mass is 312 g/mol. The average Bonchev–Trinajstić information content (AvgIpc) is 2.94. The molecule has 0 bridgehead atoms. The van der Waals surface area contributed by atoms with E-state index in [1.807, 2.05) is 0 Å². The zero-order valence-corrected chi connectivity index (χ0v) is 14.0. The van der Waals surface area contributed by atoms with Crippen molar-refractivity contribution in [2.24, 2.45) is 16.7 Å².